The molecule has 0 spiro atoms. The van der Waals surface area contributed by atoms with Gasteiger partial charge in [0.15, 0.2) is 0 Å². The summed E-state index contributed by atoms with van der Waals surface area (Å²) in [7, 11) is 0. The summed E-state index contributed by atoms with van der Waals surface area (Å²) in [6.07, 6.45) is 5.18. The van der Waals surface area contributed by atoms with Gasteiger partial charge in [-0.25, -0.2) is 9.97 Å². The van der Waals surface area contributed by atoms with Crippen molar-refractivity contribution in [2.45, 2.75) is 51.9 Å². The summed E-state index contributed by atoms with van der Waals surface area (Å²) in [5, 5.41) is 0. The summed E-state index contributed by atoms with van der Waals surface area (Å²) in [6, 6.07) is 14.6. The van der Waals surface area contributed by atoms with Gasteiger partial charge in [-0.1, -0.05) is 30.3 Å². The third-order valence-electron chi connectivity index (χ3n) is 6.16. The van der Waals surface area contributed by atoms with Crippen molar-refractivity contribution in [3.8, 4) is 0 Å². The van der Waals surface area contributed by atoms with Crippen LogP contribution in [0.2, 0.25) is 0 Å². The highest BCUT2D eigenvalue weighted by Gasteiger charge is 2.27. The van der Waals surface area contributed by atoms with Crippen molar-refractivity contribution < 1.29 is 9.15 Å². The fourth-order valence-corrected chi connectivity index (χ4v) is 4.67. The van der Waals surface area contributed by atoms with E-state index in [1.807, 2.05) is 19.1 Å². The first-order chi connectivity index (χ1) is 15.2. The van der Waals surface area contributed by atoms with E-state index in [0.717, 1.165) is 75.1 Å². The molecule has 1 fully saturated rings. The zero-order chi connectivity index (χ0) is 21.0. The Kier molecular flexibility index (Phi) is 6.00. The van der Waals surface area contributed by atoms with Crippen LogP contribution in [0.25, 0.3) is 0 Å². The van der Waals surface area contributed by atoms with E-state index in [4.69, 9.17) is 19.1 Å². The van der Waals surface area contributed by atoms with Crippen LogP contribution in [0.1, 0.15) is 41.2 Å². The lowest BCUT2D eigenvalue weighted by Gasteiger charge is -2.33. The molecule has 0 aliphatic carbocycles. The molecule has 2 aromatic heterocycles. The molecule has 2 aliphatic heterocycles. The second-order valence-corrected chi connectivity index (χ2v) is 8.56. The first kappa shape index (κ1) is 20.2. The highest BCUT2D eigenvalue weighted by atomic mass is 16.5. The number of ether oxygens (including phenoxy) is 1. The monoisotopic (exact) mass is 418 g/mol. The minimum Gasteiger partial charge on any atom is -0.467 e. The molecular formula is C25H30N4O2. The van der Waals surface area contributed by atoms with Crippen LogP contribution in [-0.2, 0) is 30.8 Å². The molecule has 6 nitrogen and oxygen atoms in total. The second-order valence-electron chi connectivity index (χ2n) is 8.56. The third-order valence-corrected chi connectivity index (χ3v) is 6.16. The molecule has 1 atom stereocenters. The molecule has 0 saturated carbocycles. The van der Waals surface area contributed by atoms with Gasteiger partial charge in [-0.15, -0.1) is 0 Å². The summed E-state index contributed by atoms with van der Waals surface area (Å²) in [5.74, 6) is 2.82. The molecule has 2 aliphatic rings. The van der Waals surface area contributed by atoms with E-state index in [2.05, 4.69) is 40.1 Å². The summed E-state index contributed by atoms with van der Waals surface area (Å²) in [6.45, 7) is 7.20. The Labute approximate surface area is 183 Å². The number of benzene rings is 1. The molecule has 162 valence electrons. The lowest BCUT2D eigenvalue weighted by Crippen LogP contribution is -2.36. The molecule has 0 amide bonds. The number of aromatic nitrogens is 2. The van der Waals surface area contributed by atoms with Crippen LogP contribution in [0.5, 0.6) is 0 Å². The zero-order valence-electron chi connectivity index (χ0n) is 18.2. The van der Waals surface area contributed by atoms with Crippen LogP contribution >= 0.6 is 0 Å². The van der Waals surface area contributed by atoms with Crippen molar-refractivity contribution >= 4 is 5.82 Å². The Balaban J connectivity index is 1.41. The fourth-order valence-electron chi connectivity index (χ4n) is 4.67. The Morgan fingerprint density at radius 3 is 2.81 bits per heavy atom. The number of furan rings is 1. The molecule has 0 bridgehead atoms. The van der Waals surface area contributed by atoms with E-state index in [0.29, 0.717) is 6.54 Å². The number of anilines is 1. The Morgan fingerprint density at radius 1 is 1.13 bits per heavy atom. The van der Waals surface area contributed by atoms with E-state index in [1.54, 1.807) is 6.26 Å². The number of hydrogen-bond donors (Lipinski definition) is 0. The average Bonchev–Trinajstić information content (AvgIpc) is 3.48. The lowest BCUT2D eigenvalue weighted by atomic mass is 10.0. The SMILES string of the molecule is Cc1nc2c(c(N(Cc3ccco3)C[C@H]3CCCO3)n1)CCN(Cc1ccccc1)C2. The number of rotatable bonds is 7. The quantitative estimate of drug-likeness (QED) is 0.575. The van der Waals surface area contributed by atoms with Crippen molar-refractivity contribution in [3.05, 3.63) is 77.1 Å². The smallest absolute Gasteiger partial charge is 0.136 e. The minimum atomic E-state index is 0.249. The van der Waals surface area contributed by atoms with Crippen LogP contribution in [0.15, 0.2) is 53.1 Å². The Hall–Kier alpha value is -2.70. The normalized spacial score (nSPS) is 18.8. The fraction of sp³-hybridized carbons (Fsp3) is 0.440. The van der Waals surface area contributed by atoms with Gasteiger partial charge in [0.2, 0.25) is 0 Å². The van der Waals surface area contributed by atoms with Crippen LogP contribution in [0, 0.1) is 6.92 Å². The van der Waals surface area contributed by atoms with E-state index in [9.17, 15) is 0 Å². The lowest BCUT2D eigenvalue weighted by molar-refractivity contribution is 0.115. The highest BCUT2D eigenvalue weighted by molar-refractivity contribution is 5.51. The Morgan fingerprint density at radius 2 is 2.03 bits per heavy atom. The first-order valence-corrected chi connectivity index (χ1v) is 11.3. The average molecular weight is 419 g/mol. The maximum absolute atomic E-state index is 5.96. The molecule has 6 heteroatoms. The molecule has 0 unspecified atom stereocenters. The van der Waals surface area contributed by atoms with Gasteiger partial charge >= 0.3 is 0 Å². The van der Waals surface area contributed by atoms with E-state index >= 15 is 0 Å². The van der Waals surface area contributed by atoms with Gasteiger partial charge in [0.1, 0.15) is 17.4 Å². The molecule has 4 heterocycles. The van der Waals surface area contributed by atoms with E-state index in [-0.39, 0.29) is 6.10 Å². The first-order valence-electron chi connectivity index (χ1n) is 11.3. The van der Waals surface area contributed by atoms with Crippen molar-refractivity contribution in [2.24, 2.45) is 0 Å². The molecule has 0 N–H and O–H groups in total. The number of aryl methyl sites for hydroxylation is 1. The molecule has 5 rings (SSSR count). The number of hydrogen-bond acceptors (Lipinski definition) is 6. The van der Waals surface area contributed by atoms with Gasteiger partial charge in [-0.2, -0.15) is 0 Å². The summed E-state index contributed by atoms with van der Waals surface area (Å²) >= 11 is 0. The van der Waals surface area contributed by atoms with Crippen LogP contribution < -0.4 is 4.90 Å². The summed E-state index contributed by atoms with van der Waals surface area (Å²) in [4.78, 5) is 14.6. The standard InChI is InChI=1S/C25H30N4O2/c1-19-26-24-18-28(15-20-7-3-2-4-8-20)12-11-23(24)25(27-19)29(16-21-9-5-13-30-21)17-22-10-6-14-31-22/h2-5,7-9,13,22H,6,10-12,14-18H2,1H3/t22-/m1/s1. The van der Waals surface area contributed by atoms with Gasteiger partial charge < -0.3 is 14.1 Å². The van der Waals surface area contributed by atoms with Gasteiger partial charge in [0.25, 0.3) is 0 Å². The molecule has 31 heavy (non-hydrogen) atoms. The van der Waals surface area contributed by atoms with Gasteiger partial charge in [0, 0.05) is 38.3 Å². The highest BCUT2D eigenvalue weighted by Crippen LogP contribution is 2.29. The zero-order valence-corrected chi connectivity index (χ0v) is 18.2. The largest absolute Gasteiger partial charge is 0.467 e. The molecule has 3 aromatic rings. The van der Waals surface area contributed by atoms with Crippen LogP contribution in [-0.4, -0.2) is 40.7 Å². The van der Waals surface area contributed by atoms with Crippen molar-refractivity contribution in [3.63, 3.8) is 0 Å². The maximum atomic E-state index is 5.96. The molecule has 1 saturated heterocycles. The maximum Gasteiger partial charge on any atom is 0.136 e. The third kappa shape index (κ3) is 4.81. The van der Waals surface area contributed by atoms with Gasteiger partial charge in [-0.3, -0.25) is 4.90 Å². The molecule has 1 aromatic carbocycles. The minimum absolute atomic E-state index is 0.249. The van der Waals surface area contributed by atoms with Crippen molar-refractivity contribution in [2.75, 3.05) is 24.6 Å². The van der Waals surface area contributed by atoms with Gasteiger partial charge in [0.05, 0.1) is 24.6 Å². The van der Waals surface area contributed by atoms with Gasteiger partial charge in [-0.05, 0) is 43.9 Å². The van der Waals surface area contributed by atoms with Crippen molar-refractivity contribution in [1.82, 2.24) is 14.9 Å². The van der Waals surface area contributed by atoms with Crippen LogP contribution in [0.4, 0.5) is 5.82 Å². The predicted molar refractivity (Wildman–Crippen MR) is 120 cm³/mol. The van der Waals surface area contributed by atoms with E-state index < -0.39 is 0 Å². The topological polar surface area (TPSA) is 54.6 Å². The Bertz CT molecular complexity index is 984. The van der Waals surface area contributed by atoms with Crippen molar-refractivity contribution in [1.29, 1.82) is 0 Å². The predicted octanol–water partition coefficient (Wildman–Crippen LogP) is 4.12. The second kappa shape index (κ2) is 9.20. The number of nitrogens with zero attached hydrogens (tertiary/aromatic N) is 4. The summed E-state index contributed by atoms with van der Waals surface area (Å²) < 4.78 is 11.6. The number of fused-ring (bicyclic) bond motifs is 1. The molecule has 0 radical (unpaired) electrons. The van der Waals surface area contributed by atoms with Crippen LogP contribution in [0.3, 0.4) is 0 Å². The van der Waals surface area contributed by atoms with E-state index in [1.165, 1.54) is 11.1 Å². The summed E-state index contributed by atoms with van der Waals surface area (Å²) in [5.41, 5.74) is 3.77. The molecular weight excluding hydrogens is 388 g/mol.